The van der Waals surface area contributed by atoms with Gasteiger partial charge in [0.1, 0.15) is 22.3 Å². The van der Waals surface area contributed by atoms with Crippen LogP contribution in [0, 0.1) is 0 Å². The van der Waals surface area contributed by atoms with Crippen molar-refractivity contribution in [2.45, 2.75) is 0 Å². The number of rotatable bonds is 6. The Morgan fingerprint density at radius 1 is 0.291 bits per heavy atom. The molecule has 0 aliphatic heterocycles. The average molecular weight is 704 g/mol. The molecular weight excluding hydrogens is 671 g/mol. The van der Waals surface area contributed by atoms with Crippen molar-refractivity contribution >= 4 is 71.7 Å². The van der Waals surface area contributed by atoms with Crippen molar-refractivity contribution < 1.29 is 8.83 Å². The zero-order valence-electron chi connectivity index (χ0n) is 29.8. The molecule has 0 amide bonds. The van der Waals surface area contributed by atoms with Crippen molar-refractivity contribution in [3.63, 3.8) is 0 Å². The summed E-state index contributed by atoms with van der Waals surface area (Å²) in [5.74, 6) is 0. The molecule has 11 aromatic rings. The first-order valence-corrected chi connectivity index (χ1v) is 18.7. The predicted octanol–water partition coefficient (Wildman–Crippen LogP) is 15.1. The Labute approximate surface area is 317 Å². The summed E-state index contributed by atoms with van der Waals surface area (Å²) in [6.07, 6.45) is 0. The highest BCUT2D eigenvalue weighted by Gasteiger charge is 2.17. The zero-order chi connectivity index (χ0) is 36.3. The topological polar surface area (TPSA) is 29.5 Å². The molecule has 0 aliphatic rings. The second-order valence-corrected chi connectivity index (χ2v) is 14.1. The number of benzene rings is 9. The molecule has 3 nitrogen and oxygen atoms in total. The Bertz CT molecular complexity index is 3200. The van der Waals surface area contributed by atoms with Crippen LogP contribution in [-0.2, 0) is 0 Å². The van der Waals surface area contributed by atoms with E-state index in [9.17, 15) is 0 Å². The molecule has 258 valence electrons. The summed E-state index contributed by atoms with van der Waals surface area (Å²) in [4.78, 5) is 2.34. The van der Waals surface area contributed by atoms with E-state index in [1.54, 1.807) is 0 Å². The molecule has 2 aromatic heterocycles. The molecule has 11 rings (SSSR count). The molecule has 0 aliphatic carbocycles. The quantitative estimate of drug-likeness (QED) is 0.173. The fraction of sp³-hybridized carbons (Fsp3) is 0. The lowest BCUT2D eigenvalue weighted by Crippen LogP contribution is -2.10. The minimum Gasteiger partial charge on any atom is -0.456 e. The number of nitrogens with zero attached hydrogens (tertiary/aromatic N) is 1. The Morgan fingerprint density at radius 2 is 0.855 bits per heavy atom. The van der Waals surface area contributed by atoms with Crippen molar-refractivity contribution in [2.75, 3.05) is 4.90 Å². The molecule has 3 heteroatoms. The van der Waals surface area contributed by atoms with Crippen LogP contribution in [-0.4, -0.2) is 0 Å². The standard InChI is InChI=1S/C52H33NO2/c1-2-10-37-31-39(20-19-34(37)9-1)38-11-7-12-43(32-38)53(41-26-21-35(22-27-41)40-25-30-51-48(33-40)46-14-4-5-17-49(46)54-51)42-28-23-36(24-29-42)44-15-8-16-47-45-13-3-6-18-50(45)55-52(44)47/h1-33H. The largest absolute Gasteiger partial charge is 0.456 e. The van der Waals surface area contributed by atoms with Crippen LogP contribution >= 0.6 is 0 Å². The second kappa shape index (κ2) is 12.6. The fourth-order valence-electron chi connectivity index (χ4n) is 8.11. The third kappa shape index (κ3) is 5.36. The van der Waals surface area contributed by atoms with Gasteiger partial charge in [-0.2, -0.15) is 0 Å². The van der Waals surface area contributed by atoms with Crippen LogP contribution in [0.25, 0.3) is 88.0 Å². The maximum atomic E-state index is 6.41. The zero-order valence-corrected chi connectivity index (χ0v) is 29.8. The molecule has 0 saturated heterocycles. The molecule has 0 saturated carbocycles. The molecule has 0 N–H and O–H groups in total. The lowest BCUT2D eigenvalue weighted by Gasteiger charge is -2.26. The molecule has 0 spiro atoms. The fourth-order valence-corrected chi connectivity index (χ4v) is 8.11. The van der Waals surface area contributed by atoms with Gasteiger partial charge in [-0.05, 0) is 105 Å². The summed E-state index contributed by atoms with van der Waals surface area (Å²) >= 11 is 0. The minimum absolute atomic E-state index is 0.902. The Balaban J connectivity index is 1.01. The van der Waals surface area contributed by atoms with Gasteiger partial charge in [0.2, 0.25) is 0 Å². The highest BCUT2D eigenvalue weighted by molar-refractivity contribution is 6.10. The SMILES string of the molecule is c1cc(-c2ccc3ccccc3c2)cc(N(c2ccc(-c3ccc4oc5ccccc5c4c3)cc2)c2ccc(-c3cccc4c3oc3ccccc34)cc2)c1. The van der Waals surface area contributed by atoms with E-state index in [0.717, 1.165) is 83.2 Å². The normalized spacial score (nSPS) is 11.6. The van der Waals surface area contributed by atoms with Crippen LogP contribution in [0.3, 0.4) is 0 Å². The lowest BCUT2D eigenvalue weighted by molar-refractivity contribution is 0.669. The van der Waals surface area contributed by atoms with Crippen LogP contribution < -0.4 is 4.90 Å². The van der Waals surface area contributed by atoms with Gasteiger partial charge in [-0.15, -0.1) is 0 Å². The molecule has 0 radical (unpaired) electrons. The van der Waals surface area contributed by atoms with E-state index in [4.69, 9.17) is 8.83 Å². The number of furan rings is 2. The van der Waals surface area contributed by atoms with E-state index < -0.39 is 0 Å². The summed E-state index contributed by atoms with van der Waals surface area (Å²) in [5, 5.41) is 6.99. The number of fused-ring (bicyclic) bond motifs is 7. The van der Waals surface area contributed by atoms with E-state index in [1.165, 1.54) is 21.9 Å². The first-order chi connectivity index (χ1) is 27.2. The van der Waals surface area contributed by atoms with Crippen molar-refractivity contribution in [1.29, 1.82) is 0 Å². The van der Waals surface area contributed by atoms with Crippen molar-refractivity contribution in [2.24, 2.45) is 0 Å². The van der Waals surface area contributed by atoms with Gasteiger partial charge in [-0.3, -0.25) is 0 Å². The molecule has 0 atom stereocenters. The molecule has 0 unspecified atom stereocenters. The van der Waals surface area contributed by atoms with E-state index >= 15 is 0 Å². The van der Waals surface area contributed by atoms with E-state index in [-0.39, 0.29) is 0 Å². The van der Waals surface area contributed by atoms with Crippen LogP contribution in [0.5, 0.6) is 0 Å². The van der Waals surface area contributed by atoms with Gasteiger partial charge in [0, 0.05) is 44.2 Å². The summed E-state index contributed by atoms with van der Waals surface area (Å²) in [6, 6.07) is 71.1. The van der Waals surface area contributed by atoms with Gasteiger partial charge in [0.25, 0.3) is 0 Å². The van der Waals surface area contributed by atoms with Crippen molar-refractivity contribution in [3.8, 4) is 33.4 Å². The minimum atomic E-state index is 0.902. The summed E-state index contributed by atoms with van der Waals surface area (Å²) in [7, 11) is 0. The van der Waals surface area contributed by atoms with Gasteiger partial charge in [0.05, 0.1) is 0 Å². The molecule has 2 heterocycles. The monoisotopic (exact) mass is 703 g/mol. The molecule has 0 bridgehead atoms. The number of para-hydroxylation sites is 3. The highest BCUT2D eigenvalue weighted by atomic mass is 16.3. The van der Waals surface area contributed by atoms with Gasteiger partial charge in [-0.1, -0.05) is 133 Å². The van der Waals surface area contributed by atoms with Gasteiger partial charge < -0.3 is 13.7 Å². The molecule has 55 heavy (non-hydrogen) atoms. The lowest BCUT2D eigenvalue weighted by atomic mass is 9.99. The van der Waals surface area contributed by atoms with Gasteiger partial charge in [0.15, 0.2) is 0 Å². The summed E-state index contributed by atoms with van der Waals surface area (Å²) < 4.78 is 12.5. The van der Waals surface area contributed by atoms with Crippen molar-refractivity contribution in [3.05, 3.63) is 200 Å². The van der Waals surface area contributed by atoms with Gasteiger partial charge >= 0.3 is 0 Å². The number of hydrogen-bond acceptors (Lipinski definition) is 3. The first kappa shape index (κ1) is 31.2. The van der Waals surface area contributed by atoms with E-state index in [2.05, 4.69) is 181 Å². The summed E-state index contributed by atoms with van der Waals surface area (Å²) in [6.45, 7) is 0. The summed E-state index contributed by atoms with van der Waals surface area (Å²) in [5.41, 5.74) is 13.7. The average Bonchev–Trinajstić information content (AvgIpc) is 3.83. The molecular formula is C52H33NO2. The highest BCUT2D eigenvalue weighted by Crippen LogP contribution is 2.41. The van der Waals surface area contributed by atoms with Crippen LogP contribution in [0.2, 0.25) is 0 Å². The maximum Gasteiger partial charge on any atom is 0.143 e. The second-order valence-electron chi connectivity index (χ2n) is 14.1. The third-order valence-corrected chi connectivity index (χ3v) is 10.9. The maximum absolute atomic E-state index is 6.41. The van der Waals surface area contributed by atoms with Crippen molar-refractivity contribution in [1.82, 2.24) is 0 Å². The van der Waals surface area contributed by atoms with Crippen LogP contribution in [0.4, 0.5) is 17.1 Å². The Morgan fingerprint density at radius 3 is 1.65 bits per heavy atom. The smallest absolute Gasteiger partial charge is 0.143 e. The Kier molecular flexibility index (Phi) is 7.17. The predicted molar refractivity (Wildman–Crippen MR) is 229 cm³/mol. The number of hydrogen-bond donors (Lipinski definition) is 0. The van der Waals surface area contributed by atoms with Crippen LogP contribution in [0.15, 0.2) is 209 Å². The Hall–Kier alpha value is -7.36. The molecule has 9 aromatic carbocycles. The first-order valence-electron chi connectivity index (χ1n) is 18.7. The number of anilines is 3. The van der Waals surface area contributed by atoms with Crippen LogP contribution in [0.1, 0.15) is 0 Å². The third-order valence-electron chi connectivity index (χ3n) is 10.9. The van der Waals surface area contributed by atoms with E-state index in [1.807, 2.05) is 24.3 Å². The molecule has 0 fully saturated rings. The van der Waals surface area contributed by atoms with E-state index in [0.29, 0.717) is 0 Å². The van der Waals surface area contributed by atoms with Gasteiger partial charge in [-0.25, -0.2) is 0 Å².